The average Bonchev–Trinajstić information content (AvgIpc) is 2.85. The number of anilines is 1. The van der Waals surface area contributed by atoms with E-state index in [1.165, 1.54) is 17.5 Å². The molecular formula is C16H13BrClNO. The Hall–Kier alpha value is -1.32. The Kier molecular flexibility index (Phi) is 3.81. The van der Waals surface area contributed by atoms with Gasteiger partial charge in [-0.05, 0) is 60.7 Å². The zero-order valence-electron chi connectivity index (χ0n) is 10.7. The monoisotopic (exact) mass is 349 g/mol. The topological polar surface area (TPSA) is 29.1 Å². The van der Waals surface area contributed by atoms with Crippen LogP contribution in [0.3, 0.4) is 0 Å². The smallest absolute Gasteiger partial charge is 0.257 e. The van der Waals surface area contributed by atoms with E-state index in [1.807, 2.05) is 12.1 Å². The first-order valence-corrected chi connectivity index (χ1v) is 7.69. The van der Waals surface area contributed by atoms with Crippen LogP contribution in [-0.2, 0) is 12.8 Å². The molecule has 0 spiro atoms. The van der Waals surface area contributed by atoms with Crippen LogP contribution in [0.25, 0.3) is 0 Å². The van der Waals surface area contributed by atoms with Crippen molar-refractivity contribution in [3.8, 4) is 0 Å². The number of benzene rings is 2. The molecule has 1 N–H and O–H groups in total. The van der Waals surface area contributed by atoms with Crippen LogP contribution < -0.4 is 5.32 Å². The third-order valence-corrected chi connectivity index (χ3v) is 4.34. The first-order valence-electron chi connectivity index (χ1n) is 6.52. The summed E-state index contributed by atoms with van der Waals surface area (Å²) in [6.07, 6.45) is 3.44. The van der Waals surface area contributed by atoms with Crippen molar-refractivity contribution in [1.82, 2.24) is 0 Å². The van der Waals surface area contributed by atoms with Crippen LogP contribution in [0.15, 0.2) is 40.9 Å². The summed E-state index contributed by atoms with van der Waals surface area (Å²) < 4.78 is 0.858. The van der Waals surface area contributed by atoms with Crippen LogP contribution in [0.1, 0.15) is 27.9 Å². The number of carbonyl (C=O) groups is 1. The van der Waals surface area contributed by atoms with Crippen LogP contribution in [0, 0.1) is 0 Å². The molecular weight excluding hydrogens is 338 g/mol. The van der Waals surface area contributed by atoms with Crippen molar-refractivity contribution < 1.29 is 4.79 Å². The first-order chi connectivity index (χ1) is 9.63. The van der Waals surface area contributed by atoms with E-state index in [0.29, 0.717) is 10.6 Å². The van der Waals surface area contributed by atoms with E-state index in [1.54, 1.807) is 12.1 Å². The van der Waals surface area contributed by atoms with Crippen molar-refractivity contribution >= 4 is 39.1 Å². The third-order valence-electron chi connectivity index (χ3n) is 3.53. The second kappa shape index (κ2) is 5.58. The number of aryl methyl sites for hydroxylation is 2. The van der Waals surface area contributed by atoms with Crippen LogP contribution in [0.5, 0.6) is 0 Å². The van der Waals surface area contributed by atoms with E-state index in [4.69, 9.17) is 11.6 Å². The Morgan fingerprint density at radius 2 is 1.90 bits per heavy atom. The predicted molar refractivity (Wildman–Crippen MR) is 85.6 cm³/mol. The molecule has 0 saturated carbocycles. The van der Waals surface area contributed by atoms with Gasteiger partial charge in [-0.25, -0.2) is 0 Å². The normalized spacial score (nSPS) is 13.1. The van der Waals surface area contributed by atoms with E-state index in [0.717, 1.165) is 23.0 Å². The number of nitrogens with one attached hydrogen (secondary N) is 1. The maximum atomic E-state index is 12.2. The molecule has 2 aromatic carbocycles. The minimum Gasteiger partial charge on any atom is -0.322 e. The lowest BCUT2D eigenvalue weighted by molar-refractivity contribution is 0.102. The van der Waals surface area contributed by atoms with Gasteiger partial charge in [0.15, 0.2) is 0 Å². The number of hydrogen-bond acceptors (Lipinski definition) is 1. The second-order valence-corrected chi connectivity index (χ2v) is 6.24. The average molecular weight is 351 g/mol. The van der Waals surface area contributed by atoms with E-state index >= 15 is 0 Å². The molecule has 0 radical (unpaired) electrons. The highest BCUT2D eigenvalue weighted by Crippen LogP contribution is 2.26. The van der Waals surface area contributed by atoms with Gasteiger partial charge in [0.25, 0.3) is 5.91 Å². The molecule has 0 bridgehead atoms. The molecule has 2 nitrogen and oxygen atoms in total. The molecule has 0 fully saturated rings. The fraction of sp³-hybridized carbons (Fsp3) is 0.188. The molecule has 3 rings (SSSR count). The highest BCUT2D eigenvalue weighted by Gasteiger charge is 2.14. The number of fused-ring (bicyclic) bond motifs is 1. The maximum Gasteiger partial charge on any atom is 0.257 e. The summed E-state index contributed by atoms with van der Waals surface area (Å²) in [6, 6.07) is 11.4. The van der Waals surface area contributed by atoms with Gasteiger partial charge in [0.05, 0.1) is 10.6 Å². The van der Waals surface area contributed by atoms with Gasteiger partial charge in [-0.3, -0.25) is 4.79 Å². The molecule has 1 aliphatic carbocycles. The molecule has 1 aliphatic rings. The zero-order valence-corrected chi connectivity index (χ0v) is 13.1. The van der Waals surface area contributed by atoms with Crippen molar-refractivity contribution in [2.45, 2.75) is 19.3 Å². The molecule has 0 aromatic heterocycles. The van der Waals surface area contributed by atoms with Crippen LogP contribution in [-0.4, -0.2) is 5.91 Å². The predicted octanol–water partition coefficient (Wildman–Crippen LogP) is 4.84. The lowest BCUT2D eigenvalue weighted by Crippen LogP contribution is -2.12. The minimum atomic E-state index is -0.180. The fourth-order valence-electron chi connectivity index (χ4n) is 2.52. The fourth-order valence-corrected chi connectivity index (χ4v) is 3.28. The van der Waals surface area contributed by atoms with Crippen molar-refractivity contribution in [2.24, 2.45) is 0 Å². The molecule has 4 heteroatoms. The third kappa shape index (κ3) is 2.74. The molecule has 102 valence electrons. The summed E-state index contributed by atoms with van der Waals surface area (Å²) in [5.74, 6) is -0.180. The van der Waals surface area contributed by atoms with Gasteiger partial charge in [0, 0.05) is 10.2 Å². The quantitative estimate of drug-likeness (QED) is 0.824. The number of carbonyl (C=O) groups excluding carboxylic acids is 1. The summed E-state index contributed by atoms with van der Waals surface area (Å²) in [4.78, 5) is 12.2. The first kappa shape index (κ1) is 13.7. The lowest BCUT2D eigenvalue weighted by atomic mass is 10.1. The summed E-state index contributed by atoms with van der Waals surface area (Å²) >= 11 is 9.42. The van der Waals surface area contributed by atoms with Gasteiger partial charge in [0.2, 0.25) is 0 Å². The van der Waals surface area contributed by atoms with Crippen LogP contribution >= 0.6 is 27.5 Å². The van der Waals surface area contributed by atoms with E-state index in [2.05, 4.69) is 33.4 Å². The molecule has 2 aromatic rings. The lowest BCUT2D eigenvalue weighted by Gasteiger charge is -2.09. The molecule has 0 unspecified atom stereocenters. The summed E-state index contributed by atoms with van der Waals surface area (Å²) in [6.45, 7) is 0. The Labute approximate surface area is 131 Å². The van der Waals surface area contributed by atoms with Gasteiger partial charge in [0.1, 0.15) is 0 Å². The van der Waals surface area contributed by atoms with Crippen molar-refractivity contribution in [3.63, 3.8) is 0 Å². The maximum absolute atomic E-state index is 12.2. The Morgan fingerprint density at radius 1 is 1.10 bits per heavy atom. The molecule has 1 amide bonds. The van der Waals surface area contributed by atoms with Crippen molar-refractivity contribution in [2.75, 3.05) is 5.32 Å². The molecule has 0 atom stereocenters. The summed E-state index contributed by atoms with van der Waals surface area (Å²) in [5.41, 5.74) is 4.04. The standard InChI is InChI=1S/C16H13BrClNO/c17-12-5-7-14(15(18)9-12)16(20)19-13-6-4-10-2-1-3-11(10)8-13/h4-9H,1-3H2,(H,19,20). The highest BCUT2D eigenvalue weighted by atomic mass is 79.9. The van der Waals surface area contributed by atoms with Crippen LogP contribution in [0.2, 0.25) is 5.02 Å². The van der Waals surface area contributed by atoms with Gasteiger partial charge in [-0.2, -0.15) is 0 Å². The minimum absolute atomic E-state index is 0.180. The zero-order chi connectivity index (χ0) is 14.1. The van der Waals surface area contributed by atoms with E-state index in [-0.39, 0.29) is 5.91 Å². The Bertz CT molecular complexity index is 684. The SMILES string of the molecule is O=C(Nc1ccc2c(c1)CCC2)c1ccc(Br)cc1Cl. The molecule has 0 aliphatic heterocycles. The van der Waals surface area contributed by atoms with Crippen LogP contribution in [0.4, 0.5) is 5.69 Å². The number of halogens is 2. The molecule has 0 heterocycles. The molecule has 0 saturated heterocycles. The Morgan fingerprint density at radius 3 is 2.70 bits per heavy atom. The number of amides is 1. The van der Waals surface area contributed by atoms with Crippen molar-refractivity contribution in [1.29, 1.82) is 0 Å². The number of rotatable bonds is 2. The van der Waals surface area contributed by atoms with Gasteiger partial charge in [-0.1, -0.05) is 33.6 Å². The van der Waals surface area contributed by atoms with E-state index < -0.39 is 0 Å². The van der Waals surface area contributed by atoms with Crippen molar-refractivity contribution in [3.05, 3.63) is 62.6 Å². The van der Waals surface area contributed by atoms with Gasteiger partial charge >= 0.3 is 0 Å². The van der Waals surface area contributed by atoms with E-state index in [9.17, 15) is 4.79 Å². The second-order valence-electron chi connectivity index (χ2n) is 4.92. The summed E-state index contributed by atoms with van der Waals surface area (Å²) in [5, 5.41) is 3.35. The van der Waals surface area contributed by atoms with Gasteiger partial charge in [-0.15, -0.1) is 0 Å². The Balaban J connectivity index is 1.82. The van der Waals surface area contributed by atoms with Gasteiger partial charge < -0.3 is 5.32 Å². The number of hydrogen-bond donors (Lipinski definition) is 1. The summed E-state index contributed by atoms with van der Waals surface area (Å²) in [7, 11) is 0. The highest BCUT2D eigenvalue weighted by molar-refractivity contribution is 9.10. The molecule has 20 heavy (non-hydrogen) atoms. The largest absolute Gasteiger partial charge is 0.322 e.